The minimum Gasteiger partial charge on any atom is -0.466 e. The monoisotopic (exact) mass is 380 g/mol. The molecule has 0 saturated carbocycles. The van der Waals surface area contributed by atoms with Crippen molar-refractivity contribution in [2.75, 3.05) is 52.4 Å². The summed E-state index contributed by atoms with van der Waals surface area (Å²) in [6.07, 6.45) is 9.75. The van der Waals surface area contributed by atoms with Crippen LogP contribution in [0.4, 0.5) is 0 Å². The minimum atomic E-state index is -0.0595. The molecule has 1 N–H and O–H groups in total. The Kier molecular flexibility index (Phi) is 10.6. The number of aliphatic imine (C=N–C) groups is 1. The highest BCUT2D eigenvalue weighted by Crippen LogP contribution is 2.18. The number of carbonyl (C=O) groups is 1. The molecule has 0 aromatic heterocycles. The van der Waals surface area contributed by atoms with Gasteiger partial charge >= 0.3 is 5.97 Å². The van der Waals surface area contributed by atoms with Gasteiger partial charge in [-0.2, -0.15) is 0 Å². The highest BCUT2D eigenvalue weighted by atomic mass is 16.5. The highest BCUT2D eigenvalue weighted by molar-refractivity contribution is 5.81. The molecule has 0 aromatic rings. The number of unbranched alkanes of at least 4 members (excludes halogenated alkanes) is 2. The molecule has 0 aromatic carbocycles. The Bertz CT molecular complexity index is 449. The van der Waals surface area contributed by atoms with Gasteiger partial charge in [0.25, 0.3) is 0 Å². The summed E-state index contributed by atoms with van der Waals surface area (Å²) in [7, 11) is 0. The number of hydrogen-bond acceptors (Lipinski definition) is 4. The Labute approximate surface area is 165 Å². The van der Waals surface area contributed by atoms with E-state index in [4.69, 9.17) is 9.73 Å². The number of nitrogens with one attached hydrogen (secondary N) is 1. The number of nitrogens with zero attached hydrogens (tertiary/aromatic N) is 3. The molecular weight excluding hydrogens is 340 g/mol. The summed E-state index contributed by atoms with van der Waals surface area (Å²) in [6.45, 7) is 11.7. The molecule has 0 amide bonds. The lowest BCUT2D eigenvalue weighted by molar-refractivity contribution is -0.149. The van der Waals surface area contributed by atoms with Gasteiger partial charge in [0, 0.05) is 26.2 Å². The molecule has 2 rings (SSSR count). The molecule has 6 heteroatoms. The first-order valence-corrected chi connectivity index (χ1v) is 11.2. The molecule has 6 nitrogen and oxygen atoms in total. The van der Waals surface area contributed by atoms with Crippen LogP contribution in [0.2, 0.25) is 0 Å². The number of carbonyl (C=O) groups excluding carboxylic acids is 1. The Morgan fingerprint density at radius 3 is 2.63 bits per heavy atom. The van der Waals surface area contributed by atoms with Gasteiger partial charge in [-0.1, -0.05) is 12.8 Å². The van der Waals surface area contributed by atoms with Crippen molar-refractivity contribution in [3.8, 4) is 0 Å². The van der Waals surface area contributed by atoms with E-state index in [0.29, 0.717) is 6.61 Å². The third-order valence-corrected chi connectivity index (χ3v) is 5.52. The van der Waals surface area contributed by atoms with E-state index in [-0.39, 0.29) is 11.9 Å². The van der Waals surface area contributed by atoms with Crippen LogP contribution in [0.5, 0.6) is 0 Å². The number of piperidine rings is 2. The Hall–Kier alpha value is -1.30. The van der Waals surface area contributed by atoms with Crippen molar-refractivity contribution in [1.82, 2.24) is 15.1 Å². The molecule has 1 unspecified atom stereocenters. The predicted molar refractivity (Wildman–Crippen MR) is 111 cm³/mol. The van der Waals surface area contributed by atoms with E-state index in [0.717, 1.165) is 51.4 Å². The van der Waals surface area contributed by atoms with Crippen molar-refractivity contribution in [2.24, 2.45) is 10.9 Å². The third-order valence-electron chi connectivity index (χ3n) is 5.52. The van der Waals surface area contributed by atoms with Crippen LogP contribution in [0.15, 0.2) is 4.99 Å². The predicted octanol–water partition coefficient (Wildman–Crippen LogP) is 2.88. The first-order chi connectivity index (χ1) is 13.2. The zero-order valence-electron chi connectivity index (χ0n) is 17.5. The van der Waals surface area contributed by atoms with Crippen molar-refractivity contribution in [2.45, 2.75) is 65.2 Å². The van der Waals surface area contributed by atoms with Gasteiger partial charge in [0.1, 0.15) is 0 Å². The summed E-state index contributed by atoms with van der Waals surface area (Å²) < 4.78 is 5.21. The molecule has 2 heterocycles. The molecule has 2 aliphatic rings. The lowest BCUT2D eigenvalue weighted by Crippen LogP contribution is -2.48. The fourth-order valence-corrected chi connectivity index (χ4v) is 4.04. The maximum Gasteiger partial charge on any atom is 0.310 e. The van der Waals surface area contributed by atoms with Crippen molar-refractivity contribution < 1.29 is 9.53 Å². The molecule has 2 saturated heterocycles. The number of likely N-dealkylation sites (tertiary alicyclic amines) is 2. The Morgan fingerprint density at radius 2 is 1.89 bits per heavy atom. The lowest BCUT2D eigenvalue weighted by Gasteiger charge is -2.34. The first kappa shape index (κ1) is 22.0. The standard InChI is InChI=1S/C21H40N4O2/c1-3-22-21(25-17-11-12-19(18-25)20(26)27-4-2)23-13-7-5-8-14-24-15-9-6-10-16-24/h19H,3-18H2,1-2H3,(H,22,23). The van der Waals surface area contributed by atoms with Gasteiger partial charge in [0.05, 0.1) is 12.5 Å². The van der Waals surface area contributed by atoms with E-state index in [9.17, 15) is 4.79 Å². The summed E-state index contributed by atoms with van der Waals surface area (Å²) in [4.78, 5) is 21.8. The van der Waals surface area contributed by atoms with Crippen LogP contribution in [0.3, 0.4) is 0 Å². The summed E-state index contributed by atoms with van der Waals surface area (Å²) >= 11 is 0. The number of esters is 1. The third kappa shape index (κ3) is 8.08. The second-order valence-corrected chi connectivity index (χ2v) is 7.74. The van der Waals surface area contributed by atoms with Crippen molar-refractivity contribution in [3.63, 3.8) is 0 Å². The highest BCUT2D eigenvalue weighted by Gasteiger charge is 2.28. The van der Waals surface area contributed by atoms with Gasteiger partial charge in [-0.25, -0.2) is 0 Å². The van der Waals surface area contributed by atoms with E-state index < -0.39 is 0 Å². The second kappa shape index (κ2) is 13.0. The SMILES string of the molecule is CCNC(=NCCCCCN1CCCCC1)N1CCCC(C(=O)OCC)C1. The maximum absolute atomic E-state index is 12.1. The van der Waals surface area contributed by atoms with Crippen LogP contribution in [-0.4, -0.2) is 74.1 Å². The lowest BCUT2D eigenvalue weighted by atomic mass is 9.98. The van der Waals surface area contributed by atoms with E-state index in [2.05, 4.69) is 22.0 Å². The Balaban J connectivity index is 1.71. The molecular formula is C21H40N4O2. The fourth-order valence-electron chi connectivity index (χ4n) is 4.04. The van der Waals surface area contributed by atoms with Crippen LogP contribution in [-0.2, 0) is 9.53 Å². The smallest absolute Gasteiger partial charge is 0.310 e. The minimum absolute atomic E-state index is 0.0212. The van der Waals surface area contributed by atoms with Crippen LogP contribution in [0.1, 0.15) is 65.2 Å². The zero-order chi connectivity index (χ0) is 19.3. The number of ether oxygens (including phenoxy) is 1. The van der Waals surface area contributed by atoms with Gasteiger partial charge in [-0.3, -0.25) is 9.79 Å². The van der Waals surface area contributed by atoms with Crippen molar-refractivity contribution in [3.05, 3.63) is 0 Å². The average Bonchev–Trinajstić information content (AvgIpc) is 2.71. The molecule has 2 fully saturated rings. The van der Waals surface area contributed by atoms with Gasteiger partial charge < -0.3 is 19.9 Å². The van der Waals surface area contributed by atoms with Gasteiger partial charge in [0.2, 0.25) is 0 Å². The molecule has 0 radical (unpaired) electrons. The summed E-state index contributed by atoms with van der Waals surface area (Å²) in [5, 5.41) is 3.40. The normalized spacial score (nSPS) is 21.9. The molecule has 0 bridgehead atoms. The first-order valence-electron chi connectivity index (χ1n) is 11.2. The largest absolute Gasteiger partial charge is 0.466 e. The van der Waals surface area contributed by atoms with Gasteiger partial charge in [0.15, 0.2) is 5.96 Å². The fraction of sp³-hybridized carbons (Fsp3) is 0.905. The van der Waals surface area contributed by atoms with Gasteiger partial charge in [-0.15, -0.1) is 0 Å². The van der Waals surface area contributed by atoms with Crippen molar-refractivity contribution >= 4 is 11.9 Å². The van der Waals surface area contributed by atoms with E-state index >= 15 is 0 Å². The number of guanidine groups is 1. The molecule has 156 valence electrons. The molecule has 1 atom stereocenters. The van der Waals surface area contributed by atoms with E-state index in [1.807, 2.05) is 6.92 Å². The molecule has 2 aliphatic heterocycles. The maximum atomic E-state index is 12.1. The van der Waals surface area contributed by atoms with Crippen LogP contribution in [0, 0.1) is 5.92 Å². The molecule has 0 spiro atoms. The topological polar surface area (TPSA) is 57.2 Å². The van der Waals surface area contributed by atoms with E-state index in [1.54, 1.807) is 0 Å². The number of rotatable bonds is 9. The molecule has 27 heavy (non-hydrogen) atoms. The van der Waals surface area contributed by atoms with E-state index in [1.165, 1.54) is 51.7 Å². The summed E-state index contributed by atoms with van der Waals surface area (Å²) in [5.41, 5.74) is 0. The van der Waals surface area contributed by atoms with Crippen LogP contribution in [0.25, 0.3) is 0 Å². The van der Waals surface area contributed by atoms with Crippen LogP contribution >= 0.6 is 0 Å². The quantitative estimate of drug-likeness (QED) is 0.288. The summed E-state index contributed by atoms with van der Waals surface area (Å²) in [6, 6.07) is 0. The van der Waals surface area contributed by atoms with Gasteiger partial charge in [-0.05, 0) is 72.0 Å². The van der Waals surface area contributed by atoms with Crippen molar-refractivity contribution in [1.29, 1.82) is 0 Å². The number of hydrogen-bond donors (Lipinski definition) is 1. The Morgan fingerprint density at radius 1 is 1.07 bits per heavy atom. The summed E-state index contributed by atoms with van der Waals surface area (Å²) in [5.74, 6) is 0.880. The zero-order valence-corrected chi connectivity index (χ0v) is 17.5. The second-order valence-electron chi connectivity index (χ2n) is 7.74. The van der Waals surface area contributed by atoms with Crippen LogP contribution < -0.4 is 5.32 Å². The average molecular weight is 381 g/mol. The molecule has 0 aliphatic carbocycles.